The molecule has 0 bridgehead atoms. The fraction of sp³-hybridized carbons (Fsp3) is 0.706. The molecule has 5 atom stereocenters. The zero-order valence-corrected chi connectivity index (χ0v) is 15.6. The topological polar surface area (TPSA) is 120 Å². The van der Waals surface area contributed by atoms with Crippen molar-refractivity contribution in [3.63, 3.8) is 0 Å². The van der Waals surface area contributed by atoms with Gasteiger partial charge in [-0.3, -0.25) is 9.36 Å². The Kier molecular flexibility index (Phi) is 7.36. The first-order valence-electron chi connectivity index (χ1n) is 9.38. The summed E-state index contributed by atoms with van der Waals surface area (Å²) in [7, 11) is 0. The van der Waals surface area contributed by atoms with Crippen molar-refractivity contribution >= 4 is 24.0 Å². The monoisotopic (exact) mass is 386 g/mol. The third-order valence-corrected chi connectivity index (χ3v) is 4.52. The van der Waals surface area contributed by atoms with Gasteiger partial charge in [-0.15, -0.1) is 0 Å². The molecular formula is C17H27N3O5S. The highest BCUT2D eigenvalue weighted by Gasteiger charge is 2.44. The number of ether oxygens (including phenoxy) is 2. The van der Waals surface area contributed by atoms with E-state index in [1.165, 1.54) is 16.8 Å². The molecule has 0 saturated carbocycles. The van der Waals surface area contributed by atoms with Crippen LogP contribution in [0.15, 0.2) is 12.3 Å². The molecule has 2 unspecified atom stereocenters. The third-order valence-electron chi connectivity index (χ3n) is 4.22. The highest BCUT2D eigenvalue weighted by atomic mass is 32.1. The van der Waals surface area contributed by atoms with E-state index in [0.717, 1.165) is 25.7 Å². The maximum Gasteiger partial charge on any atom is 0.305 e. The van der Waals surface area contributed by atoms with Crippen LogP contribution in [0.1, 0.15) is 53.0 Å². The Morgan fingerprint density at radius 3 is 2.85 bits per heavy atom. The molecule has 146 valence electrons. The van der Waals surface area contributed by atoms with Gasteiger partial charge in [0.25, 0.3) is 0 Å². The Bertz CT molecular complexity index is 689. The van der Waals surface area contributed by atoms with Crippen LogP contribution in [0.4, 0.5) is 5.82 Å². The van der Waals surface area contributed by atoms with Crippen molar-refractivity contribution in [2.24, 2.45) is 0 Å². The summed E-state index contributed by atoms with van der Waals surface area (Å²) >= 11 is 5.09. The maximum absolute atomic E-state index is 11.9. The quantitative estimate of drug-likeness (QED) is 0.333. The largest absolute Gasteiger partial charge is 0.463 e. The number of nitrogen functional groups attached to an aromatic ring is 1. The van der Waals surface area contributed by atoms with Crippen LogP contribution >= 0.6 is 12.2 Å². The molecular weight excluding hydrogens is 358 g/mol. The fourth-order valence-electron chi connectivity index (χ4n) is 2.73. The highest BCUT2D eigenvalue weighted by Crippen LogP contribution is 2.30. The van der Waals surface area contributed by atoms with Gasteiger partial charge in [0.15, 0.2) is 6.23 Å². The van der Waals surface area contributed by atoms with E-state index in [-0.39, 0.29) is 17.2 Å². The van der Waals surface area contributed by atoms with E-state index in [1.54, 1.807) is 0 Å². The second-order valence-electron chi connectivity index (χ2n) is 6.27. The lowest BCUT2D eigenvalue weighted by atomic mass is 10.1. The first kappa shape index (κ1) is 19.2. The number of carbonyl (C=O) groups excluding carboxylic acids is 1. The van der Waals surface area contributed by atoms with Crippen LogP contribution in [0.5, 0.6) is 0 Å². The number of carbonyl (C=O) groups is 1. The minimum Gasteiger partial charge on any atom is -0.463 e. The van der Waals surface area contributed by atoms with Crippen LogP contribution in [-0.4, -0.2) is 50.7 Å². The van der Waals surface area contributed by atoms with Crippen molar-refractivity contribution in [1.29, 1.82) is 0 Å². The van der Waals surface area contributed by atoms with E-state index >= 15 is 0 Å². The maximum atomic E-state index is 11.9. The predicted molar refractivity (Wildman–Crippen MR) is 97.7 cm³/mol. The molecule has 0 spiro atoms. The minimum absolute atomic E-state index is 0.0993. The Hall–Kier alpha value is -1.55. The van der Waals surface area contributed by atoms with Gasteiger partial charge in [-0.25, -0.2) is 4.98 Å². The fourth-order valence-corrected chi connectivity index (χ4v) is 3.00. The van der Waals surface area contributed by atoms with Gasteiger partial charge in [-0.1, -0.05) is 32.6 Å². The Morgan fingerprint density at radius 1 is 1.42 bits per heavy atom. The summed E-state index contributed by atoms with van der Waals surface area (Å²) in [5.74, 6) is -0.429. The van der Waals surface area contributed by atoms with Gasteiger partial charge < -0.3 is 25.4 Å². The molecule has 0 amide bonds. The second kappa shape index (κ2) is 9.96. The van der Waals surface area contributed by atoms with Crippen molar-refractivity contribution in [3.05, 3.63) is 17.0 Å². The molecule has 1 aromatic heterocycles. The molecule has 2 rings (SSSR count). The van der Waals surface area contributed by atoms with E-state index in [0.29, 0.717) is 6.42 Å². The lowest BCUT2D eigenvalue weighted by molar-refractivity contribution is -0.150. The van der Waals surface area contributed by atoms with E-state index in [1.807, 2.05) is 0 Å². The number of rotatable bonds is 9. The number of anilines is 1. The number of hydrogen-bond donors (Lipinski definition) is 3. The third kappa shape index (κ3) is 5.47. The number of aromatic nitrogens is 2. The zero-order valence-electron chi connectivity index (χ0n) is 15.8. The van der Waals surface area contributed by atoms with Crippen LogP contribution in [0.2, 0.25) is 0 Å². The van der Waals surface area contributed by atoms with Gasteiger partial charge >= 0.3 is 5.97 Å². The van der Waals surface area contributed by atoms with Crippen LogP contribution < -0.4 is 5.73 Å². The smallest absolute Gasteiger partial charge is 0.305 e. The van der Waals surface area contributed by atoms with Crippen molar-refractivity contribution in [3.8, 4) is 0 Å². The summed E-state index contributed by atoms with van der Waals surface area (Å²) in [5, 5.41) is 20.4. The normalized spacial score (nSPS) is 27.1. The molecule has 1 saturated heterocycles. The lowest BCUT2D eigenvalue weighted by Gasteiger charge is -2.18. The molecule has 9 heteroatoms. The minimum atomic E-state index is -1.27. The Labute approximate surface area is 159 Å². The van der Waals surface area contributed by atoms with Crippen LogP contribution in [-0.2, 0) is 14.3 Å². The van der Waals surface area contributed by atoms with Gasteiger partial charge in [0.05, 0.1) is 0 Å². The average Bonchev–Trinajstić information content (AvgIpc) is 2.91. The van der Waals surface area contributed by atoms with Gasteiger partial charge in [0.2, 0.25) is 4.77 Å². The van der Waals surface area contributed by atoms with Crippen LogP contribution in [0.3, 0.4) is 0 Å². The summed E-state index contributed by atoms with van der Waals surface area (Å²) in [5.41, 5.74) is 5.56. The summed E-state index contributed by atoms with van der Waals surface area (Å²) in [4.78, 5) is 15.9. The first-order chi connectivity index (χ1) is 12.8. The molecule has 4 N–H and O–H groups in total. The number of hydrogen-bond acceptors (Lipinski definition) is 8. The molecule has 1 aromatic rings. The molecule has 1 fully saturated rings. The molecule has 2 heterocycles. The van der Waals surface area contributed by atoms with E-state index < -0.39 is 36.9 Å². The first-order valence-corrected chi connectivity index (χ1v) is 9.21. The van der Waals surface area contributed by atoms with Gasteiger partial charge in [0.1, 0.15) is 30.7 Å². The number of esters is 1. The van der Waals surface area contributed by atoms with E-state index in [9.17, 15) is 15.0 Å². The standard InChI is InChI=1S/C17H27N3O5S/c1-2-3-4-5-6-7-13(21)24-10-11-14(22)15(23)16(25-11)20-9-8-12(18)19-17(20)26/h8-9,11,14-16,22-23H,2-7,10H2,1H3,(H2,18,19,26)/t11-,14-,15+,16?/m1/s1/i7D/t7?,11-,14-,15+,16?. The molecule has 0 aromatic carbocycles. The highest BCUT2D eigenvalue weighted by molar-refractivity contribution is 7.71. The van der Waals surface area contributed by atoms with Crippen molar-refractivity contribution in [2.45, 2.75) is 70.0 Å². The van der Waals surface area contributed by atoms with Crippen molar-refractivity contribution in [2.75, 3.05) is 12.3 Å². The van der Waals surface area contributed by atoms with Crippen molar-refractivity contribution in [1.82, 2.24) is 9.55 Å². The van der Waals surface area contributed by atoms with E-state index in [2.05, 4.69) is 11.9 Å². The van der Waals surface area contributed by atoms with Crippen molar-refractivity contribution < 1.29 is 25.9 Å². The number of aliphatic hydroxyl groups excluding tert-OH is 2. The summed E-state index contributed by atoms with van der Waals surface area (Å²) < 4.78 is 20.0. The SMILES string of the molecule is [2H]C(CCCCCC)C(=O)OC[C@H]1OC(n2ccc(N)nc2=S)[C@@H](O)[C@@H]1O. The van der Waals surface area contributed by atoms with Crippen LogP contribution in [0.25, 0.3) is 0 Å². The summed E-state index contributed by atoms with van der Waals surface area (Å²) in [6.07, 6.45) is 0.480. The van der Waals surface area contributed by atoms with E-state index in [4.69, 9.17) is 28.8 Å². The number of aliphatic hydroxyl groups is 2. The Morgan fingerprint density at radius 2 is 2.15 bits per heavy atom. The number of nitrogens with zero attached hydrogens (tertiary/aromatic N) is 2. The second-order valence-corrected chi connectivity index (χ2v) is 6.64. The predicted octanol–water partition coefficient (Wildman–Crippen LogP) is 1.72. The Balaban J connectivity index is 1.88. The number of unbranched alkanes of at least 4 members (excludes halogenated alkanes) is 3. The number of nitrogens with two attached hydrogens (primary N) is 1. The molecule has 26 heavy (non-hydrogen) atoms. The van der Waals surface area contributed by atoms with Gasteiger partial charge in [0, 0.05) is 14.0 Å². The average molecular weight is 386 g/mol. The summed E-state index contributed by atoms with van der Waals surface area (Å²) in [6.45, 7) is 1.84. The molecule has 0 aliphatic carbocycles. The van der Waals surface area contributed by atoms with Gasteiger partial charge in [-0.05, 0) is 24.7 Å². The molecule has 0 radical (unpaired) electrons. The molecule has 8 nitrogen and oxygen atoms in total. The summed E-state index contributed by atoms with van der Waals surface area (Å²) in [6, 6.07) is 1.49. The van der Waals surface area contributed by atoms with Crippen LogP contribution in [0, 0.1) is 4.77 Å². The molecule has 1 aliphatic heterocycles. The zero-order chi connectivity index (χ0) is 20.0. The van der Waals surface area contributed by atoms with Gasteiger partial charge in [-0.2, -0.15) is 0 Å². The lowest BCUT2D eigenvalue weighted by Crippen LogP contribution is -2.34. The molecule has 1 aliphatic rings.